The Hall–Kier alpha value is -0.860. The maximum atomic E-state index is 11.3. The zero-order valence-electron chi connectivity index (χ0n) is 9.03. The summed E-state index contributed by atoms with van der Waals surface area (Å²) in [5.41, 5.74) is 0.290. The first kappa shape index (κ1) is 13.2. The van der Waals surface area contributed by atoms with Gasteiger partial charge in [-0.15, -0.1) is 11.6 Å². The van der Waals surface area contributed by atoms with E-state index in [1.807, 2.05) is 6.07 Å². The van der Waals surface area contributed by atoms with Crippen molar-refractivity contribution < 1.29 is 9.53 Å². The molecule has 0 N–H and O–H groups in total. The van der Waals surface area contributed by atoms with Gasteiger partial charge in [-0.1, -0.05) is 10.7 Å². The summed E-state index contributed by atoms with van der Waals surface area (Å²) in [5, 5.41) is 8.88. The van der Waals surface area contributed by atoms with E-state index in [2.05, 4.69) is 9.10 Å². The second-order valence-corrected chi connectivity index (χ2v) is 5.42. The van der Waals surface area contributed by atoms with Gasteiger partial charge >= 0.3 is 5.97 Å². The van der Waals surface area contributed by atoms with E-state index in [-0.39, 0.29) is 22.1 Å². The van der Waals surface area contributed by atoms with Crippen molar-refractivity contribution in [2.45, 2.75) is 12.8 Å². The van der Waals surface area contributed by atoms with E-state index in [0.717, 1.165) is 24.3 Å². The highest BCUT2D eigenvalue weighted by Gasteiger charge is 2.16. The molecule has 0 unspecified atom stereocenters. The number of nitrogens with zero attached hydrogens (tertiary/aromatic N) is 2. The minimum atomic E-state index is -0.662. The summed E-state index contributed by atoms with van der Waals surface area (Å²) in [6, 6.07) is 1.81. The number of rotatable bonds is 3. The Labute approximate surface area is 102 Å². The number of nitriles is 1. The van der Waals surface area contributed by atoms with Crippen molar-refractivity contribution in [3.8, 4) is 6.07 Å². The van der Waals surface area contributed by atoms with Crippen molar-refractivity contribution in [2.75, 3.05) is 24.5 Å². The highest BCUT2D eigenvalue weighted by Crippen LogP contribution is 2.16. The first-order valence-corrected chi connectivity index (χ1v) is 6.95. The Balaban J connectivity index is 3.01. The van der Waals surface area contributed by atoms with Gasteiger partial charge in [0, 0.05) is 11.5 Å². The average Bonchev–Trinajstić information content (AvgIpc) is 2.81. The van der Waals surface area contributed by atoms with Gasteiger partial charge < -0.3 is 4.74 Å². The molecule has 0 aromatic carbocycles. The quantitative estimate of drug-likeness (QED) is 0.336. The molecule has 16 heavy (non-hydrogen) atoms. The van der Waals surface area contributed by atoms with Crippen LogP contribution in [0, 0.1) is 11.3 Å². The number of methoxy groups -OCH3 is 1. The van der Waals surface area contributed by atoms with Gasteiger partial charge in [0.1, 0.15) is 6.07 Å². The van der Waals surface area contributed by atoms with Crippen molar-refractivity contribution in [1.82, 2.24) is 0 Å². The Morgan fingerprint density at radius 2 is 2.19 bits per heavy atom. The molecule has 0 saturated carbocycles. The standard InChI is InChI=1S/C10H13ClN2O2S/c1-15-10(14)8(7-12)9(6-11)13-16-4-2-3-5-16/h2-6H2,1H3/b9-8+. The minimum absolute atomic E-state index is 0.0709. The second-order valence-electron chi connectivity index (χ2n) is 3.23. The van der Waals surface area contributed by atoms with Gasteiger partial charge in [0.25, 0.3) is 0 Å². The number of hydrogen-bond acceptors (Lipinski definition) is 4. The molecule has 4 nitrogen and oxygen atoms in total. The topological polar surface area (TPSA) is 62.5 Å². The van der Waals surface area contributed by atoms with Crippen molar-refractivity contribution >= 4 is 28.3 Å². The summed E-state index contributed by atoms with van der Waals surface area (Å²) in [6.45, 7) is 0. The summed E-state index contributed by atoms with van der Waals surface area (Å²) in [6.07, 6.45) is 2.31. The van der Waals surface area contributed by atoms with Crippen LogP contribution in [0.4, 0.5) is 0 Å². The van der Waals surface area contributed by atoms with E-state index in [0.29, 0.717) is 5.70 Å². The van der Waals surface area contributed by atoms with Gasteiger partial charge in [-0.2, -0.15) is 5.26 Å². The fraction of sp³-hybridized carbons (Fsp3) is 0.600. The average molecular weight is 261 g/mol. The molecule has 0 aromatic heterocycles. The lowest BCUT2D eigenvalue weighted by Gasteiger charge is -2.03. The number of ether oxygens (including phenoxy) is 1. The third-order valence-electron chi connectivity index (χ3n) is 2.17. The van der Waals surface area contributed by atoms with Crippen molar-refractivity contribution in [2.24, 2.45) is 4.36 Å². The number of carbonyl (C=O) groups excluding carboxylic acids is 1. The SMILES string of the molecule is COC(=O)/C(C#N)=C(\CCl)N=S1CCCC1. The Kier molecular flexibility index (Phi) is 5.50. The maximum absolute atomic E-state index is 11.3. The van der Waals surface area contributed by atoms with Crippen LogP contribution < -0.4 is 0 Å². The number of hydrogen-bond donors (Lipinski definition) is 0. The van der Waals surface area contributed by atoms with Gasteiger partial charge in [0.15, 0.2) is 5.57 Å². The van der Waals surface area contributed by atoms with Crippen LogP contribution in [0.3, 0.4) is 0 Å². The van der Waals surface area contributed by atoms with Gasteiger partial charge in [-0.05, 0) is 12.8 Å². The molecule has 0 bridgehead atoms. The molecule has 0 aliphatic carbocycles. The maximum Gasteiger partial charge on any atom is 0.350 e. The van der Waals surface area contributed by atoms with Crippen molar-refractivity contribution in [1.29, 1.82) is 5.26 Å². The molecule has 0 amide bonds. The third-order valence-corrected chi connectivity index (χ3v) is 4.42. The molecule has 1 heterocycles. The van der Waals surface area contributed by atoms with Gasteiger partial charge in [0.2, 0.25) is 0 Å². The van der Waals surface area contributed by atoms with Crippen molar-refractivity contribution in [3.05, 3.63) is 11.3 Å². The molecular weight excluding hydrogens is 248 g/mol. The van der Waals surface area contributed by atoms with E-state index in [1.165, 1.54) is 7.11 Å². The zero-order valence-corrected chi connectivity index (χ0v) is 10.6. The predicted molar refractivity (Wildman–Crippen MR) is 64.1 cm³/mol. The van der Waals surface area contributed by atoms with Crippen LogP contribution in [-0.4, -0.2) is 30.5 Å². The third kappa shape index (κ3) is 3.32. The van der Waals surface area contributed by atoms with E-state index in [9.17, 15) is 4.79 Å². The van der Waals surface area contributed by atoms with Crippen LogP contribution in [0.2, 0.25) is 0 Å². The van der Waals surface area contributed by atoms with Crippen LogP contribution in [0.1, 0.15) is 12.8 Å². The van der Waals surface area contributed by atoms with E-state index in [1.54, 1.807) is 0 Å². The molecule has 0 radical (unpaired) electrons. The molecule has 1 rings (SSSR count). The zero-order chi connectivity index (χ0) is 12.0. The normalized spacial score (nSPS) is 17.6. The van der Waals surface area contributed by atoms with Crippen molar-refractivity contribution in [3.63, 3.8) is 0 Å². The summed E-state index contributed by atoms with van der Waals surface area (Å²) < 4.78 is 8.90. The summed E-state index contributed by atoms with van der Waals surface area (Å²) in [7, 11) is 1.17. The lowest BCUT2D eigenvalue weighted by molar-refractivity contribution is -0.135. The minimum Gasteiger partial charge on any atom is -0.465 e. The van der Waals surface area contributed by atoms with E-state index >= 15 is 0 Å². The fourth-order valence-electron chi connectivity index (χ4n) is 1.35. The Morgan fingerprint density at radius 1 is 1.56 bits per heavy atom. The van der Waals surface area contributed by atoms with E-state index < -0.39 is 5.97 Å². The molecule has 0 atom stereocenters. The predicted octanol–water partition coefficient (Wildman–Crippen LogP) is 1.77. The molecule has 1 fully saturated rings. The number of allylic oxidation sites excluding steroid dienone is 1. The summed E-state index contributed by atoms with van der Waals surface area (Å²) >= 11 is 5.71. The van der Waals surface area contributed by atoms with Crippen LogP contribution >= 0.6 is 11.6 Å². The summed E-state index contributed by atoms with van der Waals surface area (Å²) in [5.74, 6) is 1.46. The molecule has 1 aliphatic heterocycles. The lowest BCUT2D eigenvalue weighted by atomic mass is 10.2. The molecule has 0 spiro atoms. The summed E-state index contributed by atoms with van der Waals surface area (Å²) in [4.78, 5) is 11.3. The number of carbonyl (C=O) groups is 1. The highest BCUT2D eigenvalue weighted by molar-refractivity contribution is 7.87. The molecular formula is C10H13ClN2O2S. The first-order chi connectivity index (χ1) is 7.72. The number of esters is 1. The lowest BCUT2D eigenvalue weighted by Crippen LogP contribution is -2.07. The molecule has 0 aromatic rings. The number of halogens is 1. The molecule has 88 valence electrons. The molecule has 1 aliphatic rings. The monoisotopic (exact) mass is 260 g/mol. The van der Waals surface area contributed by atoms with Crippen LogP contribution in [0.25, 0.3) is 0 Å². The van der Waals surface area contributed by atoms with Crippen LogP contribution in [-0.2, 0) is 20.2 Å². The first-order valence-electron chi connectivity index (χ1n) is 4.89. The molecule has 1 saturated heterocycles. The fourth-order valence-corrected chi connectivity index (χ4v) is 3.55. The van der Waals surface area contributed by atoms with Crippen LogP contribution in [0.5, 0.6) is 0 Å². The van der Waals surface area contributed by atoms with Gasteiger partial charge in [0.05, 0.1) is 18.7 Å². The molecule has 6 heteroatoms. The van der Waals surface area contributed by atoms with Gasteiger partial charge in [-0.25, -0.2) is 9.16 Å². The van der Waals surface area contributed by atoms with Gasteiger partial charge in [-0.3, -0.25) is 0 Å². The largest absolute Gasteiger partial charge is 0.465 e. The smallest absolute Gasteiger partial charge is 0.350 e. The highest BCUT2D eigenvalue weighted by atomic mass is 35.5. The van der Waals surface area contributed by atoms with Crippen LogP contribution in [0.15, 0.2) is 15.6 Å². The Bertz CT molecular complexity index is 377. The van der Waals surface area contributed by atoms with E-state index in [4.69, 9.17) is 16.9 Å². The number of alkyl halides is 1. The Morgan fingerprint density at radius 3 is 2.62 bits per heavy atom. The second kappa shape index (κ2) is 6.66.